The number of aromatic nitrogens is 2. The molecule has 0 radical (unpaired) electrons. The monoisotopic (exact) mass is 392 g/mol. The average molecular weight is 393 g/mol. The lowest BCUT2D eigenvalue weighted by atomic mass is 9.79. The number of thioether (sulfide) groups is 1. The second-order valence-corrected chi connectivity index (χ2v) is 10.4. The number of carbonyl (C=O) groups excluding carboxylic acids is 1. The van der Waals surface area contributed by atoms with Gasteiger partial charge in [0, 0.05) is 27.4 Å². The van der Waals surface area contributed by atoms with Crippen molar-refractivity contribution in [1.82, 2.24) is 20.6 Å². The molecule has 0 aliphatic carbocycles. The Labute approximate surface area is 163 Å². The van der Waals surface area contributed by atoms with Crippen molar-refractivity contribution >= 4 is 39.2 Å². The summed E-state index contributed by atoms with van der Waals surface area (Å²) in [7, 11) is 0. The van der Waals surface area contributed by atoms with Crippen molar-refractivity contribution in [3.8, 4) is 0 Å². The number of rotatable bonds is 5. The van der Waals surface area contributed by atoms with Crippen LogP contribution in [0, 0.1) is 0 Å². The van der Waals surface area contributed by atoms with Crippen LogP contribution in [0.3, 0.4) is 0 Å². The molecule has 5 nitrogen and oxygen atoms in total. The van der Waals surface area contributed by atoms with Crippen molar-refractivity contribution in [2.45, 2.75) is 76.0 Å². The molecular weight excluding hydrogens is 364 g/mol. The first-order chi connectivity index (χ1) is 12.2. The van der Waals surface area contributed by atoms with E-state index in [-0.39, 0.29) is 23.0 Å². The third-order valence-electron chi connectivity index (χ3n) is 4.59. The van der Waals surface area contributed by atoms with Gasteiger partial charge in [0.1, 0.15) is 16.2 Å². The Morgan fingerprint density at radius 1 is 1.31 bits per heavy atom. The molecule has 0 bridgehead atoms. The Hall–Kier alpha value is -1.18. The number of aryl methyl sites for hydroxylation is 1. The first-order valence-corrected chi connectivity index (χ1v) is 10.9. The minimum Gasteiger partial charge on any atom is -0.353 e. The zero-order chi connectivity index (χ0) is 18.9. The van der Waals surface area contributed by atoms with Gasteiger partial charge >= 0.3 is 0 Å². The summed E-state index contributed by atoms with van der Waals surface area (Å²) in [6.45, 7) is 10.9. The van der Waals surface area contributed by atoms with Gasteiger partial charge in [-0.1, -0.05) is 18.7 Å². The van der Waals surface area contributed by atoms with Gasteiger partial charge in [-0.25, -0.2) is 9.97 Å². The smallest absolute Gasteiger partial charge is 0.230 e. The predicted molar refractivity (Wildman–Crippen MR) is 110 cm³/mol. The summed E-state index contributed by atoms with van der Waals surface area (Å²) in [5, 5.41) is 8.83. The van der Waals surface area contributed by atoms with Gasteiger partial charge in [0.25, 0.3) is 0 Å². The molecule has 2 aromatic heterocycles. The van der Waals surface area contributed by atoms with Gasteiger partial charge in [0.15, 0.2) is 0 Å². The largest absolute Gasteiger partial charge is 0.353 e. The second-order valence-electron chi connectivity index (χ2n) is 8.32. The Morgan fingerprint density at radius 2 is 2.00 bits per heavy atom. The summed E-state index contributed by atoms with van der Waals surface area (Å²) >= 11 is 3.20. The summed E-state index contributed by atoms with van der Waals surface area (Å²) in [5.41, 5.74) is 0.0534. The van der Waals surface area contributed by atoms with Crippen LogP contribution in [0.2, 0.25) is 0 Å². The molecule has 2 N–H and O–H groups in total. The van der Waals surface area contributed by atoms with E-state index in [0.717, 1.165) is 34.5 Å². The van der Waals surface area contributed by atoms with Crippen LogP contribution in [-0.2, 0) is 11.2 Å². The van der Waals surface area contributed by atoms with E-state index in [1.807, 2.05) is 0 Å². The van der Waals surface area contributed by atoms with E-state index in [1.54, 1.807) is 17.7 Å². The molecule has 0 atom stereocenters. The molecule has 7 heteroatoms. The van der Waals surface area contributed by atoms with Crippen LogP contribution in [0.4, 0.5) is 0 Å². The third-order valence-corrected chi connectivity index (χ3v) is 6.78. The number of fused-ring (bicyclic) bond motifs is 1. The van der Waals surface area contributed by atoms with Crippen molar-refractivity contribution in [3.63, 3.8) is 0 Å². The van der Waals surface area contributed by atoms with Crippen LogP contribution in [-0.4, -0.2) is 38.7 Å². The summed E-state index contributed by atoms with van der Waals surface area (Å²) in [6, 6.07) is 2.35. The van der Waals surface area contributed by atoms with E-state index in [0.29, 0.717) is 5.75 Å². The molecule has 0 unspecified atom stereocenters. The fourth-order valence-corrected chi connectivity index (χ4v) is 5.78. The molecule has 2 aromatic rings. The maximum Gasteiger partial charge on any atom is 0.230 e. The Morgan fingerprint density at radius 3 is 2.65 bits per heavy atom. The van der Waals surface area contributed by atoms with E-state index < -0.39 is 0 Å². The standard InChI is InChI=1S/C19H28N4OS2/c1-6-13-7-14-16(20-11-21-17(14)26-13)25-10-15(24)22-12-8-18(2,3)23-19(4,5)9-12/h7,11-12,23H,6,8-10H2,1-5H3,(H,22,24). The van der Waals surface area contributed by atoms with Gasteiger partial charge < -0.3 is 10.6 Å². The second kappa shape index (κ2) is 7.44. The minimum atomic E-state index is 0.0267. The fraction of sp³-hybridized carbons (Fsp3) is 0.632. The molecule has 1 fully saturated rings. The SMILES string of the molecule is CCc1cc2c(SCC(=O)NC3CC(C)(C)NC(C)(C)C3)ncnc2s1. The normalized spacial score (nSPS) is 19.6. The lowest BCUT2D eigenvalue weighted by Crippen LogP contribution is -2.62. The van der Waals surface area contributed by atoms with Gasteiger partial charge in [0.05, 0.1) is 5.75 Å². The summed E-state index contributed by atoms with van der Waals surface area (Å²) in [6.07, 6.45) is 4.47. The van der Waals surface area contributed by atoms with Crippen LogP contribution < -0.4 is 10.6 Å². The van der Waals surface area contributed by atoms with Crippen molar-refractivity contribution in [2.75, 3.05) is 5.75 Å². The molecule has 1 amide bonds. The summed E-state index contributed by atoms with van der Waals surface area (Å²) in [4.78, 5) is 23.5. The molecule has 1 saturated heterocycles. The zero-order valence-electron chi connectivity index (χ0n) is 16.2. The summed E-state index contributed by atoms with van der Waals surface area (Å²) < 4.78 is 0. The molecule has 1 aliphatic heterocycles. The molecule has 0 aromatic carbocycles. The van der Waals surface area contributed by atoms with Crippen molar-refractivity contribution in [2.24, 2.45) is 0 Å². The van der Waals surface area contributed by atoms with Gasteiger partial charge in [-0.05, 0) is 53.0 Å². The Balaban J connectivity index is 1.62. The van der Waals surface area contributed by atoms with Crippen molar-refractivity contribution < 1.29 is 4.79 Å². The van der Waals surface area contributed by atoms with Gasteiger partial charge in [-0.2, -0.15) is 0 Å². The van der Waals surface area contributed by atoms with E-state index in [4.69, 9.17) is 0 Å². The number of nitrogens with one attached hydrogen (secondary N) is 2. The number of amides is 1. The molecule has 26 heavy (non-hydrogen) atoms. The highest BCUT2D eigenvalue weighted by Gasteiger charge is 2.38. The van der Waals surface area contributed by atoms with Crippen LogP contribution in [0.15, 0.2) is 17.4 Å². The van der Waals surface area contributed by atoms with Crippen molar-refractivity contribution in [1.29, 1.82) is 0 Å². The first-order valence-electron chi connectivity index (χ1n) is 9.12. The van der Waals surface area contributed by atoms with Crippen LogP contribution >= 0.6 is 23.1 Å². The lowest BCUT2D eigenvalue weighted by molar-refractivity contribution is -0.119. The molecule has 142 valence electrons. The number of carbonyl (C=O) groups is 1. The maximum atomic E-state index is 12.5. The van der Waals surface area contributed by atoms with E-state index in [2.05, 4.69) is 61.3 Å². The highest BCUT2D eigenvalue weighted by Crippen LogP contribution is 2.31. The van der Waals surface area contributed by atoms with Gasteiger partial charge in [0.2, 0.25) is 5.91 Å². The van der Waals surface area contributed by atoms with Gasteiger partial charge in [-0.15, -0.1) is 11.3 Å². The summed E-state index contributed by atoms with van der Waals surface area (Å²) in [5.74, 6) is 0.458. The fourth-order valence-electron chi connectivity index (χ4n) is 4.00. The zero-order valence-corrected chi connectivity index (χ0v) is 17.8. The van der Waals surface area contributed by atoms with E-state index >= 15 is 0 Å². The minimum absolute atomic E-state index is 0.0267. The first kappa shape index (κ1) is 19.6. The lowest BCUT2D eigenvalue weighted by Gasteiger charge is -2.46. The molecule has 0 saturated carbocycles. The van der Waals surface area contributed by atoms with Gasteiger partial charge in [-0.3, -0.25) is 4.79 Å². The Kier molecular flexibility index (Phi) is 5.61. The quantitative estimate of drug-likeness (QED) is 0.599. The molecule has 0 spiro atoms. The molecule has 3 rings (SSSR count). The van der Waals surface area contributed by atoms with Crippen molar-refractivity contribution in [3.05, 3.63) is 17.3 Å². The number of thiophene rings is 1. The van der Waals surface area contributed by atoms with Crippen LogP contribution in [0.1, 0.15) is 52.3 Å². The maximum absolute atomic E-state index is 12.5. The molecule has 1 aliphatic rings. The van der Waals surface area contributed by atoms with Crippen LogP contribution in [0.25, 0.3) is 10.2 Å². The predicted octanol–water partition coefficient (Wildman–Crippen LogP) is 3.77. The molecular formula is C19H28N4OS2. The number of hydrogen-bond donors (Lipinski definition) is 2. The van der Waals surface area contributed by atoms with E-state index in [1.165, 1.54) is 16.6 Å². The number of nitrogens with zero attached hydrogens (tertiary/aromatic N) is 2. The molecule has 3 heterocycles. The topological polar surface area (TPSA) is 66.9 Å². The Bertz CT molecular complexity index is 784. The average Bonchev–Trinajstić information content (AvgIpc) is 2.93. The number of hydrogen-bond acceptors (Lipinski definition) is 6. The van der Waals surface area contributed by atoms with E-state index in [9.17, 15) is 4.79 Å². The highest BCUT2D eigenvalue weighted by atomic mass is 32.2. The van der Waals surface area contributed by atoms with Crippen LogP contribution in [0.5, 0.6) is 0 Å². The number of piperidine rings is 1. The highest BCUT2D eigenvalue weighted by molar-refractivity contribution is 8.00. The third kappa shape index (κ3) is 4.75.